The maximum absolute atomic E-state index is 12.4. The van der Waals surface area contributed by atoms with E-state index in [9.17, 15) is 21.6 Å². The summed E-state index contributed by atoms with van der Waals surface area (Å²) in [5.41, 5.74) is 1.70. The summed E-state index contributed by atoms with van der Waals surface area (Å²) in [6, 6.07) is 11.7. The van der Waals surface area contributed by atoms with E-state index in [2.05, 4.69) is 9.46 Å². The molecule has 0 atom stereocenters. The fourth-order valence-electron chi connectivity index (χ4n) is 1.84. The van der Waals surface area contributed by atoms with Gasteiger partial charge in [-0.15, -0.1) is 13.2 Å². The minimum atomic E-state index is -4.97. The molecule has 0 aromatic heterocycles. The van der Waals surface area contributed by atoms with Gasteiger partial charge < -0.3 is 4.74 Å². The van der Waals surface area contributed by atoms with Crippen molar-refractivity contribution >= 4 is 10.0 Å². The van der Waals surface area contributed by atoms with E-state index in [1.165, 1.54) is 12.1 Å². The van der Waals surface area contributed by atoms with Crippen LogP contribution in [-0.4, -0.2) is 14.8 Å². The molecule has 0 aliphatic heterocycles. The first kappa shape index (κ1) is 17.3. The zero-order valence-corrected chi connectivity index (χ0v) is 12.9. The van der Waals surface area contributed by atoms with Gasteiger partial charge in [0.15, 0.2) is 0 Å². The second-order valence-corrected chi connectivity index (χ2v) is 6.54. The number of sulfonamides is 1. The lowest BCUT2D eigenvalue weighted by Gasteiger charge is -2.14. The van der Waals surface area contributed by atoms with Crippen molar-refractivity contribution in [2.45, 2.75) is 24.7 Å². The van der Waals surface area contributed by atoms with Crippen LogP contribution in [0.5, 0.6) is 5.75 Å². The van der Waals surface area contributed by atoms with Gasteiger partial charge in [0, 0.05) is 6.54 Å². The zero-order chi connectivity index (χ0) is 17.1. The molecule has 0 saturated heterocycles. The van der Waals surface area contributed by atoms with Crippen LogP contribution in [0.25, 0.3) is 0 Å². The highest BCUT2D eigenvalue weighted by molar-refractivity contribution is 7.89. The lowest BCUT2D eigenvalue weighted by Crippen LogP contribution is -2.25. The average Bonchev–Trinajstić information content (AvgIpc) is 2.45. The second-order valence-electron chi connectivity index (χ2n) is 4.80. The summed E-state index contributed by atoms with van der Waals surface area (Å²) in [5, 5.41) is 0. The Labute approximate surface area is 132 Å². The van der Waals surface area contributed by atoms with Gasteiger partial charge in [-0.25, -0.2) is 13.1 Å². The predicted octanol–water partition coefficient (Wildman–Crippen LogP) is 3.37. The molecule has 0 radical (unpaired) electrons. The third kappa shape index (κ3) is 4.97. The number of hydrogen-bond acceptors (Lipinski definition) is 3. The standard InChI is InChI=1S/C15H14F3NO3S/c1-11-6-8-12(9-7-11)10-19-23(20,21)14-5-3-2-4-13(14)22-15(16,17)18/h2-9,19H,10H2,1H3. The van der Waals surface area contributed by atoms with Crippen molar-refractivity contribution in [3.8, 4) is 5.75 Å². The van der Waals surface area contributed by atoms with Crippen LogP contribution >= 0.6 is 0 Å². The summed E-state index contributed by atoms with van der Waals surface area (Å²) >= 11 is 0. The van der Waals surface area contributed by atoms with Crippen molar-refractivity contribution in [1.29, 1.82) is 0 Å². The highest BCUT2D eigenvalue weighted by atomic mass is 32.2. The molecule has 1 N–H and O–H groups in total. The highest BCUT2D eigenvalue weighted by Crippen LogP contribution is 2.29. The van der Waals surface area contributed by atoms with E-state index in [-0.39, 0.29) is 6.54 Å². The Balaban J connectivity index is 2.21. The van der Waals surface area contributed by atoms with E-state index in [0.29, 0.717) is 5.56 Å². The van der Waals surface area contributed by atoms with E-state index >= 15 is 0 Å². The van der Waals surface area contributed by atoms with Gasteiger partial charge in [0.05, 0.1) is 0 Å². The Hall–Kier alpha value is -2.06. The highest BCUT2D eigenvalue weighted by Gasteiger charge is 2.33. The van der Waals surface area contributed by atoms with Crippen LogP contribution in [0.4, 0.5) is 13.2 Å². The molecular weight excluding hydrogens is 331 g/mol. The second kappa shape index (κ2) is 6.59. The Morgan fingerprint density at radius 3 is 2.26 bits per heavy atom. The third-order valence-electron chi connectivity index (χ3n) is 2.95. The Bertz CT molecular complexity index is 771. The van der Waals surface area contributed by atoms with Gasteiger partial charge in [-0.1, -0.05) is 42.0 Å². The molecule has 124 valence electrons. The molecule has 2 rings (SSSR count). The number of nitrogens with one attached hydrogen (secondary N) is 1. The molecule has 0 fully saturated rings. The van der Waals surface area contributed by atoms with Crippen molar-refractivity contribution in [3.05, 3.63) is 59.7 Å². The van der Waals surface area contributed by atoms with Crippen LogP contribution in [0.1, 0.15) is 11.1 Å². The van der Waals surface area contributed by atoms with E-state index < -0.39 is 27.0 Å². The van der Waals surface area contributed by atoms with Crippen molar-refractivity contribution in [3.63, 3.8) is 0 Å². The first-order valence-corrected chi connectivity index (χ1v) is 8.06. The molecule has 8 heteroatoms. The third-order valence-corrected chi connectivity index (χ3v) is 4.39. The lowest BCUT2D eigenvalue weighted by atomic mass is 10.2. The molecule has 0 bridgehead atoms. The van der Waals surface area contributed by atoms with E-state index in [4.69, 9.17) is 0 Å². The van der Waals surface area contributed by atoms with Gasteiger partial charge in [0.25, 0.3) is 0 Å². The topological polar surface area (TPSA) is 55.4 Å². The van der Waals surface area contributed by atoms with Crippen molar-refractivity contribution in [1.82, 2.24) is 4.72 Å². The van der Waals surface area contributed by atoms with Crippen LogP contribution in [0.15, 0.2) is 53.4 Å². The number of rotatable bonds is 5. The Kier molecular flexibility index (Phi) is 4.96. The van der Waals surface area contributed by atoms with Crippen LogP contribution in [-0.2, 0) is 16.6 Å². The number of benzene rings is 2. The summed E-state index contributed by atoms with van der Waals surface area (Å²) in [6.45, 7) is 1.85. The van der Waals surface area contributed by atoms with Gasteiger partial charge in [-0.3, -0.25) is 0 Å². The SMILES string of the molecule is Cc1ccc(CNS(=O)(=O)c2ccccc2OC(F)(F)F)cc1. The largest absolute Gasteiger partial charge is 0.573 e. The molecule has 2 aromatic carbocycles. The monoisotopic (exact) mass is 345 g/mol. The quantitative estimate of drug-likeness (QED) is 0.904. The summed E-state index contributed by atoms with van der Waals surface area (Å²) in [5.74, 6) is -0.767. The fourth-order valence-corrected chi connectivity index (χ4v) is 2.99. The van der Waals surface area contributed by atoms with Gasteiger partial charge in [-0.2, -0.15) is 0 Å². The smallest absolute Gasteiger partial charge is 0.404 e. The van der Waals surface area contributed by atoms with Crippen LogP contribution in [0.2, 0.25) is 0 Å². The van der Waals surface area contributed by atoms with Gasteiger partial charge in [0.2, 0.25) is 10.0 Å². The van der Waals surface area contributed by atoms with E-state index in [0.717, 1.165) is 17.7 Å². The number of alkyl halides is 3. The molecule has 23 heavy (non-hydrogen) atoms. The molecule has 0 spiro atoms. The lowest BCUT2D eigenvalue weighted by molar-refractivity contribution is -0.275. The number of aryl methyl sites for hydroxylation is 1. The summed E-state index contributed by atoms with van der Waals surface area (Å²) < 4.78 is 67.6. The summed E-state index contributed by atoms with van der Waals surface area (Å²) in [7, 11) is -4.15. The minimum absolute atomic E-state index is 0.0387. The fraction of sp³-hybridized carbons (Fsp3) is 0.200. The van der Waals surface area contributed by atoms with Crippen LogP contribution in [0.3, 0.4) is 0 Å². The molecule has 0 aliphatic rings. The molecular formula is C15H14F3NO3S. The first-order chi connectivity index (χ1) is 10.7. The Morgan fingerprint density at radius 1 is 1.04 bits per heavy atom. The summed E-state index contributed by atoms with van der Waals surface area (Å²) in [4.78, 5) is -0.565. The molecule has 0 heterocycles. The van der Waals surface area contributed by atoms with E-state index in [1.807, 2.05) is 19.1 Å². The maximum Gasteiger partial charge on any atom is 0.573 e. The van der Waals surface area contributed by atoms with Crippen LogP contribution < -0.4 is 9.46 Å². The molecule has 2 aromatic rings. The zero-order valence-electron chi connectivity index (χ0n) is 12.1. The van der Waals surface area contributed by atoms with E-state index in [1.54, 1.807) is 12.1 Å². The normalized spacial score (nSPS) is 12.2. The predicted molar refractivity (Wildman–Crippen MR) is 78.3 cm³/mol. The molecule has 0 aliphatic carbocycles. The number of hydrogen-bond donors (Lipinski definition) is 1. The molecule has 4 nitrogen and oxygen atoms in total. The van der Waals surface area contributed by atoms with Gasteiger partial charge in [0.1, 0.15) is 10.6 Å². The number of para-hydroxylation sites is 1. The van der Waals surface area contributed by atoms with Crippen molar-refractivity contribution < 1.29 is 26.3 Å². The molecule has 0 unspecified atom stereocenters. The minimum Gasteiger partial charge on any atom is -0.404 e. The van der Waals surface area contributed by atoms with Crippen molar-refractivity contribution in [2.24, 2.45) is 0 Å². The number of halogens is 3. The number of ether oxygens (including phenoxy) is 1. The molecule has 0 saturated carbocycles. The first-order valence-electron chi connectivity index (χ1n) is 6.57. The Morgan fingerprint density at radius 2 is 1.65 bits per heavy atom. The van der Waals surface area contributed by atoms with Gasteiger partial charge >= 0.3 is 6.36 Å². The average molecular weight is 345 g/mol. The maximum atomic E-state index is 12.4. The van der Waals surface area contributed by atoms with Crippen molar-refractivity contribution in [2.75, 3.05) is 0 Å². The molecule has 0 amide bonds. The van der Waals surface area contributed by atoms with Crippen LogP contribution in [0, 0.1) is 6.92 Å². The summed E-state index contributed by atoms with van der Waals surface area (Å²) in [6.07, 6.45) is -4.97. The van der Waals surface area contributed by atoms with Gasteiger partial charge in [-0.05, 0) is 24.6 Å².